The van der Waals surface area contributed by atoms with Crippen LogP contribution < -0.4 is 14.8 Å². The van der Waals surface area contributed by atoms with Gasteiger partial charge in [-0.05, 0) is 50.2 Å². The average Bonchev–Trinajstić information content (AvgIpc) is 3.28. The van der Waals surface area contributed by atoms with Crippen LogP contribution in [0.5, 0.6) is 11.5 Å². The highest BCUT2D eigenvalue weighted by atomic mass is 16.5. The van der Waals surface area contributed by atoms with Crippen LogP contribution in [0.1, 0.15) is 27.3 Å². The molecule has 4 rings (SSSR count). The van der Waals surface area contributed by atoms with Crippen LogP contribution in [-0.2, 0) is 6.42 Å². The van der Waals surface area contributed by atoms with Crippen molar-refractivity contribution in [3.63, 3.8) is 0 Å². The van der Waals surface area contributed by atoms with Crippen molar-refractivity contribution in [1.82, 2.24) is 9.55 Å². The van der Waals surface area contributed by atoms with Gasteiger partial charge in [-0.1, -0.05) is 0 Å². The third kappa shape index (κ3) is 3.14. The minimum atomic E-state index is -0.213. The van der Waals surface area contributed by atoms with Gasteiger partial charge in [-0.15, -0.1) is 0 Å². The van der Waals surface area contributed by atoms with Crippen molar-refractivity contribution in [1.29, 1.82) is 0 Å². The molecule has 0 radical (unpaired) electrons. The number of aromatic nitrogens is 2. The number of benzene rings is 2. The molecule has 0 unspecified atom stereocenters. The number of nitrogens with one attached hydrogen (secondary N) is 1. The summed E-state index contributed by atoms with van der Waals surface area (Å²) in [5.41, 5.74) is 5.30. The zero-order chi connectivity index (χ0) is 19.0. The Hall–Kier alpha value is -3.28. The molecular weight excluding hydrogens is 342 g/mol. The Morgan fingerprint density at radius 1 is 1.22 bits per heavy atom. The van der Waals surface area contributed by atoms with Crippen molar-refractivity contribution >= 4 is 11.6 Å². The molecule has 6 nitrogen and oxygen atoms in total. The van der Waals surface area contributed by atoms with Crippen LogP contribution in [0.15, 0.2) is 42.7 Å². The number of aryl methyl sites for hydroxylation is 1. The summed E-state index contributed by atoms with van der Waals surface area (Å²) >= 11 is 0. The number of anilines is 1. The fourth-order valence-electron chi connectivity index (χ4n) is 3.23. The van der Waals surface area contributed by atoms with Gasteiger partial charge in [0.25, 0.3) is 5.91 Å². The first-order chi connectivity index (χ1) is 13.1. The van der Waals surface area contributed by atoms with Gasteiger partial charge in [0.1, 0.15) is 11.5 Å². The average molecular weight is 363 g/mol. The predicted octanol–water partition coefficient (Wildman–Crippen LogP) is 3.68. The molecule has 2 aromatic carbocycles. The first-order valence-electron chi connectivity index (χ1n) is 8.83. The Morgan fingerprint density at radius 3 is 2.67 bits per heavy atom. The maximum Gasteiger partial charge on any atom is 0.259 e. The number of rotatable bonds is 4. The third-order valence-electron chi connectivity index (χ3n) is 4.89. The van der Waals surface area contributed by atoms with Crippen LogP contribution in [0.4, 0.5) is 5.69 Å². The van der Waals surface area contributed by atoms with Gasteiger partial charge < -0.3 is 19.4 Å². The lowest BCUT2D eigenvalue weighted by Gasteiger charge is -2.12. The summed E-state index contributed by atoms with van der Waals surface area (Å²) in [5.74, 6) is 1.09. The normalized spacial score (nSPS) is 12.4. The number of nitrogens with zero attached hydrogens (tertiary/aromatic N) is 2. The Labute approximate surface area is 157 Å². The summed E-state index contributed by atoms with van der Waals surface area (Å²) < 4.78 is 13.0. The lowest BCUT2D eigenvalue weighted by atomic mass is 10.1. The van der Waals surface area contributed by atoms with E-state index in [9.17, 15) is 4.79 Å². The van der Waals surface area contributed by atoms with Crippen LogP contribution in [0, 0.1) is 13.8 Å². The van der Waals surface area contributed by atoms with Gasteiger partial charge in [0, 0.05) is 29.1 Å². The second kappa shape index (κ2) is 6.79. The molecule has 0 spiro atoms. The van der Waals surface area contributed by atoms with E-state index in [0.29, 0.717) is 29.4 Å². The molecule has 0 fully saturated rings. The molecule has 0 aliphatic carbocycles. The monoisotopic (exact) mass is 363 g/mol. The first-order valence-corrected chi connectivity index (χ1v) is 8.83. The molecule has 3 aromatic rings. The highest BCUT2D eigenvalue weighted by Gasteiger charge is 2.22. The highest BCUT2D eigenvalue weighted by molar-refractivity contribution is 6.07. The quantitative estimate of drug-likeness (QED) is 0.768. The number of carbonyl (C=O) groups is 1. The number of ether oxygens (including phenoxy) is 2. The fourth-order valence-corrected chi connectivity index (χ4v) is 3.23. The second-order valence-electron chi connectivity index (χ2n) is 6.55. The third-order valence-corrected chi connectivity index (χ3v) is 4.89. The number of amides is 1. The Bertz CT molecular complexity index is 1010. The van der Waals surface area contributed by atoms with Crippen molar-refractivity contribution in [2.75, 3.05) is 19.0 Å². The van der Waals surface area contributed by atoms with Crippen molar-refractivity contribution < 1.29 is 14.3 Å². The standard InChI is InChI=1S/C21H21N3O3/c1-13-14(2)24(12-22-13)17-6-4-16(5-7-17)23-21(25)19-11-18(26-3)10-15-8-9-27-20(15)19/h4-7,10-12H,8-9H2,1-3H3,(H,23,25). The first kappa shape index (κ1) is 17.1. The SMILES string of the molecule is COc1cc2c(c(C(=O)Nc3ccc(-n4cnc(C)c4C)cc3)c1)OCC2. The largest absolute Gasteiger partial charge is 0.497 e. The molecular formula is C21H21N3O3. The van der Waals surface area contributed by atoms with Crippen LogP contribution in [0.25, 0.3) is 5.69 Å². The number of hydrogen-bond donors (Lipinski definition) is 1. The number of carbonyl (C=O) groups excluding carboxylic acids is 1. The minimum absolute atomic E-state index is 0.213. The van der Waals surface area contributed by atoms with E-state index in [0.717, 1.165) is 29.1 Å². The molecule has 1 aliphatic heterocycles. The summed E-state index contributed by atoms with van der Waals surface area (Å²) in [4.78, 5) is 17.1. The van der Waals surface area contributed by atoms with Crippen LogP contribution in [-0.4, -0.2) is 29.2 Å². The molecule has 1 aromatic heterocycles. The highest BCUT2D eigenvalue weighted by Crippen LogP contribution is 2.34. The fraction of sp³-hybridized carbons (Fsp3) is 0.238. The van der Waals surface area contributed by atoms with Crippen LogP contribution in [0.3, 0.4) is 0 Å². The maximum absolute atomic E-state index is 12.8. The van der Waals surface area contributed by atoms with E-state index in [-0.39, 0.29) is 5.91 Å². The summed E-state index contributed by atoms with van der Waals surface area (Å²) in [6.07, 6.45) is 2.58. The van der Waals surface area contributed by atoms with Crippen molar-refractivity contribution in [3.8, 4) is 17.2 Å². The van der Waals surface area contributed by atoms with Gasteiger partial charge in [-0.3, -0.25) is 4.79 Å². The molecule has 0 atom stereocenters. The van der Waals surface area contributed by atoms with Gasteiger partial charge in [-0.25, -0.2) is 4.98 Å². The number of imidazole rings is 1. The van der Waals surface area contributed by atoms with E-state index in [1.165, 1.54) is 0 Å². The van der Waals surface area contributed by atoms with E-state index in [4.69, 9.17) is 9.47 Å². The molecule has 6 heteroatoms. The molecule has 0 saturated carbocycles. The molecule has 2 heterocycles. The van der Waals surface area contributed by atoms with E-state index < -0.39 is 0 Å². The molecule has 1 amide bonds. The van der Waals surface area contributed by atoms with Gasteiger partial charge in [-0.2, -0.15) is 0 Å². The molecule has 0 bridgehead atoms. The Balaban J connectivity index is 1.57. The van der Waals surface area contributed by atoms with E-state index in [1.807, 2.05) is 48.7 Å². The zero-order valence-electron chi connectivity index (χ0n) is 15.6. The topological polar surface area (TPSA) is 65.4 Å². The molecule has 138 valence electrons. The summed E-state index contributed by atoms with van der Waals surface area (Å²) in [6, 6.07) is 11.3. The Morgan fingerprint density at radius 2 is 2.00 bits per heavy atom. The number of hydrogen-bond acceptors (Lipinski definition) is 4. The van der Waals surface area contributed by atoms with Gasteiger partial charge >= 0.3 is 0 Å². The van der Waals surface area contributed by atoms with E-state index >= 15 is 0 Å². The lowest BCUT2D eigenvalue weighted by Crippen LogP contribution is -2.13. The second-order valence-corrected chi connectivity index (χ2v) is 6.55. The summed E-state index contributed by atoms with van der Waals surface area (Å²) in [6.45, 7) is 4.59. The van der Waals surface area contributed by atoms with Crippen molar-refractivity contribution in [2.45, 2.75) is 20.3 Å². The molecule has 27 heavy (non-hydrogen) atoms. The van der Waals surface area contributed by atoms with E-state index in [2.05, 4.69) is 10.3 Å². The van der Waals surface area contributed by atoms with Crippen LogP contribution >= 0.6 is 0 Å². The minimum Gasteiger partial charge on any atom is -0.497 e. The van der Waals surface area contributed by atoms with Crippen molar-refractivity contribution in [3.05, 3.63) is 65.2 Å². The molecule has 1 aliphatic rings. The van der Waals surface area contributed by atoms with Crippen molar-refractivity contribution in [2.24, 2.45) is 0 Å². The molecule has 0 saturated heterocycles. The smallest absolute Gasteiger partial charge is 0.259 e. The van der Waals surface area contributed by atoms with E-state index in [1.54, 1.807) is 19.5 Å². The summed E-state index contributed by atoms with van der Waals surface area (Å²) in [5, 5.41) is 2.94. The summed E-state index contributed by atoms with van der Waals surface area (Å²) in [7, 11) is 1.59. The van der Waals surface area contributed by atoms with Crippen LogP contribution in [0.2, 0.25) is 0 Å². The van der Waals surface area contributed by atoms with Gasteiger partial charge in [0.2, 0.25) is 0 Å². The number of fused-ring (bicyclic) bond motifs is 1. The Kier molecular flexibility index (Phi) is 4.32. The maximum atomic E-state index is 12.8. The van der Waals surface area contributed by atoms with Gasteiger partial charge in [0.15, 0.2) is 0 Å². The van der Waals surface area contributed by atoms with Gasteiger partial charge in [0.05, 0.1) is 31.3 Å². The predicted molar refractivity (Wildman–Crippen MR) is 103 cm³/mol. The molecule has 1 N–H and O–H groups in total. The zero-order valence-corrected chi connectivity index (χ0v) is 15.6. The number of methoxy groups -OCH3 is 1. The lowest BCUT2D eigenvalue weighted by molar-refractivity contribution is 0.102.